The van der Waals surface area contributed by atoms with Crippen LogP contribution in [0.3, 0.4) is 0 Å². The molecule has 0 saturated heterocycles. The molecule has 3 heteroatoms. The Morgan fingerprint density at radius 1 is 1.00 bits per heavy atom. The number of oxazole rings is 1. The van der Waals surface area contributed by atoms with Gasteiger partial charge in [0.1, 0.15) is 11.3 Å². The topological polar surface area (TPSA) is 35.3 Å². The zero-order chi connectivity index (χ0) is 13.1. The van der Waals surface area contributed by atoms with Crippen LogP contribution in [0.25, 0.3) is 11.1 Å². The van der Waals surface area contributed by atoms with E-state index in [4.69, 9.17) is 9.15 Å². The van der Waals surface area contributed by atoms with Crippen molar-refractivity contribution in [2.24, 2.45) is 0 Å². The van der Waals surface area contributed by atoms with Gasteiger partial charge in [-0.2, -0.15) is 0 Å². The Morgan fingerprint density at radius 2 is 1.79 bits per heavy atom. The molecule has 0 N–H and O–H groups in total. The molecule has 19 heavy (non-hydrogen) atoms. The third kappa shape index (κ3) is 2.60. The van der Waals surface area contributed by atoms with Crippen molar-refractivity contribution in [2.75, 3.05) is 7.11 Å². The monoisotopic (exact) mass is 253 g/mol. The maximum absolute atomic E-state index is 5.70. The molecule has 0 saturated carbocycles. The van der Waals surface area contributed by atoms with Crippen LogP contribution in [0.1, 0.15) is 11.5 Å². The number of hydrogen-bond donors (Lipinski definition) is 0. The van der Waals surface area contributed by atoms with Gasteiger partial charge in [-0.3, -0.25) is 0 Å². The van der Waals surface area contributed by atoms with Crippen LogP contribution < -0.4 is 4.74 Å². The predicted molar refractivity (Wildman–Crippen MR) is 74.4 cm³/mol. The highest BCUT2D eigenvalue weighted by Crippen LogP contribution is 2.17. The van der Waals surface area contributed by atoms with Crippen molar-refractivity contribution < 1.29 is 9.15 Å². The first-order valence-corrected chi connectivity index (χ1v) is 6.32. The molecule has 0 aliphatic rings. The zero-order valence-corrected chi connectivity index (χ0v) is 10.8. The number of aryl methyl sites for hydroxylation is 2. The average molecular weight is 253 g/mol. The van der Waals surface area contributed by atoms with Gasteiger partial charge < -0.3 is 9.15 Å². The first-order valence-electron chi connectivity index (χ1n) is 6.32. The van der Waals surface area contributed by atoms with Gasteiger partial charge in [0.25, 0.3) is 0 Å². The van der Waals surface area contributed by atoms with E-state index in [1.54, 1.807) is 7.11 Å². The smallest absolute Gasteiger partial charge is 0.195 e. The lowest BCUT2D eigenvalue weighted by Crippen LogP contribution is -1.91. The number of para-hydroxylation sites is 2. The van der Waals surface area contributed by atoms with Crippen molar-refractivity contribution in [3.05, 3.63) is 60.0 Å². The second kappa shape index (κ2) is 5.14. The molecule has 0 atom stereocenters. The lowest BCUT2D eigenvalue weighted by Gasteiger charge is -2.01. The molecule has 96 valence electrons. The van der Waals surface area contributed by atoms with Gasteiger partial charge in [-0.1, -0.05) is 24.3 Å². The number of fused-ring (bicyclic) bond motifs is 1. The van der Waals surface area contributed by atoms with Gasteiger partial charge in [0.2, 0.25) is 0 Å². The summed E-state index contributed by atoms with van der Waals surface area (Å²) in [5.41, 5.74) is 3.03. The third-order valence-corrected chi connectivity index (χ3v) is 3.12. The summed E-state index contributed by atoms with van der Waals surface area (Å²) in [6.07, 6.45) is 1.72. The molecule has 3 aromatic rings. The number of aromatic nitrogens is 1. The second-order valence-corrected chi connectivity index (χ2v) is 4.42. The number of ether oxygens (including phenoxy) is 1. The highest BCUT2D eigenvalue weighted by atomic mass is 16.5. The summed E-state index contributed by atoms with van der Waals surface area (Å²) < 4.78 is 10.8. The van der Waals surface area contributed by atoms with Gasteiger partial charge in [0.05, 0.1) is 7.11 Å². The molecule has 0 amide bonds. The molecule has 0 aliphatic carbocycles. The van der Waals surface area contributed by atoms with E-state index >= 15 is 0 Å². The summed E-state index contributed by atoms with van der Waals surface area (Å²) in [5, 5.41) is 0. The maximum Gasteiger partial charge on any atom is 0.195 e. The van der Waals surface area contributed by atoms with E-state index in [-0.39, 0.29) is 0 Å². The van der Waals surface area contributed by atoms with Crippen LogP contribution in [-0.2, 0) is 12.8 Å². The number of methoxy groups -OCH3 is 1. The van der Waals surface area contributed by atoms with Crippen molar-refractivity contribution in [1.82, 2.24) is 4.98 Å². The van der Waals surface area contributed by atoms with Crippen molar-refractivity contribution in [3.63, 3.8) is 0 Å². The Balaban J connectivity index is 1.70. The first kappa shape index (κ1) is 11.8. The minimum Gasteiger partial charge on any atom is -0.497 e. The van der Waals surface area contributed by atoms with E-state index in [0.29, 0.717) is 0 Å². The number of hydrogen-bond acceptors (Lipinski definition) is 3. The minimum absolute atomic E-state index is 0.789. The van der Waals surface area contributed by atoms with Gasteiger partial charge in [0.15, 0.2) is 11.5 Å². The molecular weight excluding hydrogens is 238 g/mol. The van der Waals surface area contributed by atoms with Gasteiger partial charge in [-0.05, 0) is 36.2 Å². The summed E-state index contributed by atoms with van der Waals surface area (Å²) in [6.45, 7) is 0. The Hall–Kier alpha value is -2.29. The van der Waals surface area contributed by atoms with E-state index in [0.717, 1.165) is 35.6 Å². The van der Waals surface area contributed by atoms with E-state index in [1.165, 1.54) is 5.56 Å². The molecule has 1 aromatic heterocycles. The van der Waals surface area contributed by atoms with Crippen molar-refractivity contribution in [1.29, 1.82) is 0 Å². The Bertz CT molecular complexity index is 638. The Kier molecular flexibility index (Phi) is 3.19. The van der Waals surface area contributed by atoms with Gasteiger partial charge in [-0.25, -0.2) is 4.98 Å². The number of benzene rings is 2. The van der Waals surface area contributed by atoms with Crippen LogP contribution >= 0.6 is 0 Å². The summed E-state index contributed by atoms with van der Waals surface area (Å²) in [4.78, 5) is 4.47. The normalized spacial score (nSPS) is 10.8. The summed E-state index contributed by atoms with van der Waals surface area (Å²) in [7, 11) is 1.67. The van der Waals surface area contributed by atoms with Crippen LogP contribution in [0.4, 0.5) is 0 Å². The van der Waals surface area contributed by atoms with Crippen LogP contribution in [0.2, 0.25) is 0 Å². The second-order valence-electron chi connectivity index (χ2n) is 4.42. The molecular formula is C16H15NO2. The number of rotatable bonds is 4. The summed E-state index contributed by atoms with van der Waals surface area (Å²) in [5.74, 6) is 1.67. The minimum atomic E-state index is 0.789. The Labute approximate surface area is 111 Å². The van der Waals surface area contributed by atoms with E-state index in [1.807, 2.05) is 36.4 Å². The van der Waals surface area contributed by atoms with Crippen molar-refractivity contribution in [2.45, 2.75) is 12.8 Å². The summed E-state index contributed by atoms with van der Waals surface area (Å²) >= 11 is 0. The van der Waals surface area contributed by atoms with Crippen LogP contribution in [0.15, 0.2) is 52.9 Å². The SMILES string of the molecule is COc1ccc(CCc2nc3ccccc3o2)cc1. The predicted octanol–water partition coefficient (Wildman–Crippen LogP) is 3.62. The van der Waals surface area contributed by atoms with E-state index in [9.17, 15) is 0 Å². The molecule has 0 fully saturated rings. The Morgan fingerprint density at radius 3 is 2.53 bits per heavy atom. The van der Waals surface area contributed by atoms with Gasteiger partial charge in [0, 0.05) is 6.42 Å². The highest BCUT2D eigenvalue weighted by molar-refractivity contribution is 5.72. The van der Waals surface area contributed by atoms with Gasteiger partial charge in [-0.15, -0.1) is 0 Å². The molecule has 0 spiro atoms. The van der Waals surface area contributed by atoms with Gasteiger partial charge >= 0.3 is 0 Å². The lowest BCUT2D eigenvalue weighted by atomic mass is 10.1. The van der Waals surface area contributed by atoms with Crippen molar-refractivity contribution >= 4 is 11.1 Å². The fraction of sp³-hybridized carbons (Fsp3) is 0.188. The van der Waals surface area contributed by atoms with Crippen LogP contribution in [0, 0.1) is 0 Å². The highest BCUT2D eigenvalue weighted by Gasteiger charge is 2.05. The van der Waals surface area contributed by atoms with E-state index in [2.05, 4.69) is 17.1 Å². The molecule has 0 aliphatic heterocycles. The van der Waals surface area contributed by atoms with Crippen LogP contribution in [-0.4, -0.2) is 12.1 Å². The molecule has 0 unspecified atom stereocenters. The van der Waals surface area contributed by atoms with E-state index < -0.39 is 0 Å². The fourth-order valence-electron chi connectivity index (χ4n) is 2.07. The van der Waals surface area contributed by atoms with Crippen molar-refractivity contribution in [3.8, 4) is 5.75 Å². The number of nitrogens with zero attached hydrogens (tertiary/aromatic N) is 1. The fourth-order valence-corrected chi connectivity index (χ4v) is 2.07. The largest absolute Gasteiger partial charge is 0.497 e. The summed E-state index contributed by atoms with van der Waals surface area (Å²) in [6, 6.07) is 15.9. The maximum atomic E-state index is 5.70. The molecule has 1 heterocycles. The quantitative estimate of drug-likeness (QED) is 0.712. The molecule has 3 nitrogen and oxygen atoms in total. The molecule has 0 radical (unpaired) electrons. The van der Waals surface area contributed by atoms with Crippen LogP contribution in [0.5, 0.6) is 5.75 Å². The lowest BCUT2D eigenvalue weighted by molar-refractivity contribution is 0.414. The molecule has 0 bridgehead atoms. The first-order chi connectivity index (χ1) is 9.35. The third-order valence-electron chi connectivity index (χ3n) is 3.12. The molecule has 2 aromatic carbocycles. The molecule has 3 rings (SSSR count). The standard InChI is InChI=1S/C16H15NO2/c1-18-13-9-6-12(7-10-13)8-11-16-17-14-4-2-3-5-15(14)19-16/h2-7,9-10H,8,11H2,1H3. The zero-order valence-electron chi connectivity index (χ0n) is 10.8. The average Bonchev–Trinajstić information content (AvgIpc) is 2.88.